The average molecular weight is 404 g/mol. The zero-order valence-electron chi connectivity index (χ0n) is 16.7. The van der Waals surface area contributed by atoms with Gasteiger partial charge in [-0.2, -0.15) is 0 Å². The number of amides is 2. The molecule has 3 heterocycles. The summed E-state index contributed by atoms with van der Waals surface area (Å²) in [4.78, 5) is 36.2. The number of carbonyl (C=O) groups is 2. The van der Waals surface area contributed by atoms with Gasteiger partial charge in [-0.1, -0.05) is 12.1 Å². The maximum absolute atomic E-state index is 12.8. The van der Waals surface area contributed by atoms with Gasteiger partial charge in [-0.15, -0.1) is 0 Å². The standard InChI is InChI=1S/C22H24N6O2/c29-20(13-27-9-3-4-10-27)25-17-5-1-2-6-18(17)26-22(30)15-11-19-21(23-12-15)28(14-24-19)16-7-8-16/h1-2,5-6,11-12,14,16H,3-4,7-10,13H2,(H,25,29)(H,26,30). The second-order valence-corrected chi connectivity index (χ2v) is 7.98. The summed E-state index contributed by atoms with van der Waals surface area (Å²) in [6, 6.07) is 9.46. The van der Waals surface area contributed by atoms with Crippen molar-refractivity contribution >= 4 is 34.4 Å². The first kappa shape index (κ1) is 18.7. The fourth-order valence-corrected chi connectivity index (χ4v) is 3.89. The van der Waals surface area contributed by atoms with Crippen molar-refractivity contribution in [1.82, 2.24) is 19.4 Å². The fraction of sp³-hybridized carbons (Fsp3) is 0.364. The molecule has 8 heteroatoms. The predicted octanol–water partition coefficient (Wildman–Crippen LogP) is 3.05. The fourth-order valence-electron chi connectivity index (χ4n) is 3.89. The molecule has 0 spiro atoms. The highest BCUT2D eigenvalue weighted by Gasteiger charge is 2.26. The van der Waals surface area contributed by atoms with Gasteiger partial charge in [-0.05, 0) is 57.0 Å². The Labute approximate surface area is 174 Å². The lowest BCUT2D eigenvalue weighted by Crippen LogP contribution is -2.31. The van der Waals surface area contributed by atoms with Crippen LogP contribution in [0.5, 0.6) is 0 Å². The first-order chi connectivity index (χ1) is 14.7. The van der Waals surface area contributed by atoms with Crippen molar-refractivity contribution in [2.75, 3.05) is 30.3 Å². The minimum atomic E-state index is -0.286. The van der Waals surface area contributed by atoms with Crippen LogP contribution >= 0.6 is 0 Å². The highest BCUT2D eigenvalue weighted by molar-refractivity contribution is 6.08. The molecule has 2 amide bonds. The van der Waals surface area contributed by atoms with E-state index in [0.717, 1.165) is 44.4 Å². The Bertz CT molecular complexity index is 1100. The molecule has 2 aliphatic rings. The molecule has 2 fully saturated rings. The van der Waals surface area contributed by atoms with Crippen LogP contribution in [0.2, 0.25) is 0 Å². The molecule has 5 rings (SSSR count). The molecule has 0 bridgehead atoms. The van der Waals surface area contributed by atoms with Crippen molar-refractivity contribution in [2.24, 2.45) is 0 Å². The number of nitrogens with one attached hydrogen (secondary N) is 2. The second kappa shape index (κ2) is 7.87. The van der Waals surface area contributed by atoms with Crippen molar-refractivity contribution in [3.8, 4) is 0 Å². The number of likely N-dealkylation sites (tertiary alicyclic amines) is 1. The molecule has 1 aliphatic carbocycles. The Morgan fingerprint density at radius 2 is 1.77 bits per heavy atom. The van der Waals surface area contributed by atoms with E-state index in [9.17, 15) is 9.59 Å². The van der Waals surface area contributed by atoms with Crippen molar-refractivity contribution in [1.29, 1.82) is 0 Å². The molecule has 0 atom stereocenters. The van der Waals surface area contributed by atoms with Crippen LogP contribution in [0.3, 0.4) is 0 Å². The number of rotatable bonds is 6. The second-order valence-electron chi connectivity index (χ2n) is 7.98. The lowest BCUT2D eigenvalue weighted by atomic mass is 10.2. The molecule has 3 aromatic rings. The smallest absolute Gasteiger partial charge is 0.257 e. The maximum atomic E-state index is 12.8. The number of para-hydroxylation sites is 2. The summed E-state index contributed by atoms with van der Waals surface area (Å²) in [6.07, 6.45) is 7.94. The van der Waals surface area contributed by atoms with Crippen LogP contribution in [0.1, 0.15) is 42.1 Å². The van der Waals surface area contributed by atoms with Crippen LogP contribution in [0, 0.1) is 0 Å². The van der Waals surface area contributed by atoms with Crippen LogP contribution in [-0.4, -0.2) is 50.9 Å². The van der Waals surface area contributed by atoms with E-state index in [1.165, 1.54) is 0 Å². The monoisotopic (exact) mass is 404 g/mol. The number of carbonyl (C=O) groups excluding carboxylic acids is 2. The van der Waals surface area contributed by atoms with Crippen LogP contribution in [0.4, 0.5) is 11.4 Å². The number of nitrogens with zero attached hydrogens (tertiary/aromatic N) is 4. The van der Waals surface area contributed by atoms with E-state index in [4.69, 9.17) is 0 Å². The Balaban J connectivity index is 1.30. The van der Waals surface area contributed by atoms with Crippen LogP contribution in [0.25, 0.3) is 11.2 Å². The Kier molecular flexibility index (Phi) is 4.92. The molecular weight excluding hydrogens is 380 g/mol. The van der Waals surface area contributed by atoms with Crippen LogP contribution in [0.15, 0.2) is 42.9 Å². The molecule has 30 heavy (non-hydrogen) atoms. The molecule has 1 saturated carbocycles. The third-order valence-corrected chi connectivity index (χ3v) is 5.63. The van der Waals surface area contributed by atoms with Gasteiger partial charge in [0.25, 0.3) is 5.91 Å². The minimum absolute atomic E-state index is 0.0766. The Morgan fingerprint density at radius 1 is 1.03 bits per heavy atom. The minimum Gasteiger partial charge on any atom is -0.323 e. The number of anilines is 2. The third kappa shape index (κ3) is 3.91. The van der Waals surface area contributed by atoms with Crippen molar-refractivity contribution < 1.29 is 9.59 Å². The number of benzene rings is 1. The summed E-state index contributed by atoms with van der Waals surface area (Å²) in [7, 11) is 0. The van der Waals surface area contributed by atoms with Crippen molar-refractivity contribution in [3.05, 3.63) is 48.4 Å². The summed E-state index contributed by atoms with van der Waals surface area (Å²) in [5.74, 6) is -0.362. The Morgan fingerprint density at radius 3 is 2.50 bits per heavy atom. The molecule has 154 valence electrons. The van der Waals surface area contributed by atoms with Crippen molar-refractivity contribution in [3.63, 3.8) is 0 Å². The van der Waals surface area contributed by atoms with Gasteiger partial charge in [-0.3, -0.25) is 14.5 Å². The first-order valence-corrected chi connectivity index (χ1v) is 10.4. The number of hydrogen-bond acceptors (Lipinski definition) is 5. The van der Waals surface area contributed by atoms with Gasteiger partial charge >= 0.3 is 0 Å². The Hall–Kier alpha value is -3.26. The first-order valence-electron chi connectivity index (χ1n) is 10.4. The van der Waals surface area contributed by atoms with Crippen LogP contribution in [-0.2, 0) is 4.79 Å². The molecular formula is C22H24N6O2. The number of imidazole rings is 1. The summed E-state index contributed by atoms with van der Waals surface area (Å²) >= 11 is 0. The van der Waals surface area contributed by atoms with Gasteiger partial charge in [-0.25, -0.2) is 9.97 Å². The van der Waals surface area contributed by atoms with E-state index in [1.54, 1.807) is 30.7 Å². The molecule has 1 aromatic carbocycles. The van der Waals surface area contributed by atoms with Gasteiger partial charge in [0.15, 0.2) is 5.65 Å². The summed E-state index contributed by atoms with van der Waals surface area (Å²) in [5, 5.41) is 5.81. The molecule has 8 nitrogen and oxygen atoms in total. The van der Waals surface area contributed by atoms with Gasteiger partial charge in [0.1, 0.15) is 5.52 Å². The van der Waals surface area contributed by atoms with E-state index >= 15 is 0 Å². The lowest BCUT2D eigenvalue weighted by Gasteiger charge is -2.16. The van der Waals surface area contributed by atoms with Gasteiger partial charge in [0.2, 0.25) is 5.91 Å². The van der Waals surface area contributed by atoms with Crippen LogP contribution < -0.4 is 10.6 Å². The third-order valence-electron chi connectivity index (χ3n) is 5.63. The normalized spacial score (nSPS) is 16.7. The molecule has 1 saturated heterocycles. The topological polar surface area (TPSA) is 92.2 Å². The number of hydrogen-bond donors (Lipinski definition) is 2. The summed E-state index contributed by atoms with van der Waals surface area (Å²) < 4.78 is 2.07. The van der Waals surface area contributed by atoms with E-state index in [-0.39, 0.29) is 11.8 Å². The van der Waals surface area contributed by atoms with E-state index in [2.05, 4.69) is 30.1 Å². The molecule has 1 aliphatic heterocycles. The predicted molar refractivity (Wildman–Crippen MR) is 114 cm³/mol. The molecule has 0 radical (unpaired) electrons. The van der Waals surface area contributed by atoms with E-state index < -0.39 is 0 Å². The summed E-state index contributed by atoms with van der Waals surface area (Å²) in [6.45, 7) is 2.28. The van der Waals surface area contributed by atoms with E-state index in [0.29, 0.717) is 35.0 Å². The zero-order chi connectivity index (χ0) is 20.5. The van der Waals surface area contributed by atoms with Gasteiger partial charge in [0, 0.05) is 12.2 Å². The van der Waals surface area contributed by atoms with Crippen molar-refractivity contribution in [2.45, 2.75) is 31.7 Å². The largest absolute Gasteiger partial charge is 0.323 e. The SMILES string of the molecule is O=C(CN1CCCC1)Nc1ccccc1NC(=O)c1cnc2c(c1)ncn2C1CC1. The molecule has 0 unspecified atom stereocenters. The number of pyridine rings is 1. The zero-order valence-corrected chi connectivity index (χ0v) is 16.7. The number of fused-ring (bicyclic) bond motifs is 1. The lowest BCUT2D eigenvalue weighted by molar-refractivity contribution is -0.117. The molecule has 2 N–H and O–H groups in total. The van der Waals surface area contributed by atoms with E-state index in [1.807, 2.05) is 12.1 Å². The maximum Gasteiger partial charge on any atom is 0.257 e. The van der Waals surface area contributed by atoms with Gasteiger partial charge < -0.3 is 15.2 Å². The average Bonchev–Trinajstić information content (AvgIpc) is 3.29. The van der Waals surface area contributed by atoms with Gasteiger partial charge in [0.05, 0.1) is 29.8 Å². The quantitative estimate of drug-likeness (QED) is 0.659. The highest BCUT2D eigenvalue weighted by atomic mass is 16.2. The highest BCUT2D eigenvalue weighted by Crippen LogP contribution is 2.36. The molecule has 2 aromatic heterocycles. The summed E-state index contributed by atoms with van der Waals surface area (Å²) in [5.41, 5.74) is 3.09. The number of aromatic nitrogens is 3.